The van der Waals surface area contributed by atoms with Gasteiger partial charge in [-0.1, -0.05) is 6.58 Å². The van der Waals surface area contributed by atoms with Crippen LogP contribution in [0.25, 0.3) is 0 Å². The van der Waals surface area contributed by atoms with Gasteiger partial charge in [0, 0.05) is 12.0 Å². The molecule has 11 heavy (non-hydrogen) atoms. The molecule has 0 atom stereocenters. The van der Waals surface area contributed by atoms with Crippen LogP contribution < -0.4 is 0 Å². The van der Waals surface area contributed by atoms with Crippen LogP contribution in [0.15, 0.2) is 12.2 Å². The minimum Gasteiger partial charge on any atom is -0.478 e. The molecule has 0 aliphatic rings. The van der Waals surface area contributed by atoms with Crippen molar-refractivity contribution in [1.29, 1.82) is 0 Å². The molecule has 0 spiro atoms. The fourth-order valence-electron chi connectivity index (χ4n) is 0.495. The molecule has 3 N–H and O–H groups in total. The minimum atomic E-state index is -1.81. The molecule has 0 rings (SSSR count). The van der Waals surface area contributed by atoms with Crippen LogP contribution in [0.3, 0.4) is 0 Å². The normalized spacial score (nSPS) is 11.2. The van der Waals surface area contributed by atoms with Gasteiger partial charge in [-0.25, -0.2) is 4.79 Å². The molecule has 64 valence electrons. The Balaban J connectivity index is 3.73. The van der Waals surface area contributed by atoms with Crippen molar-refractivity contribution in [3.05, 3.63) is 12.2 Å². The average Bonchev–Trinajstić information content (AvgIpc) is 1.80. The number of aliphatic hydroxyl groups is 2. The molecular formula is C7H12O4. The Labute approximate surface area is 64.8 Å². The molecule has 0 heterocycles. The van der Waals surface area contributed by atoms with Gasteiger partial charge in [0.2, 0.25) is 0 Å². The second kappa shape index (κ2) is 3.50. The summed E-state index contributed by atoms with van der Waals surface area (Å²) in [6, 6.07) is 0. The zero-order valence-electron chi connectivity index (χ0n) is 6.37. The predicted molar refractivity (Wildman–Crippen MR) is 38.9 cm³/mol. The van der Waals surface area contributed by atoms with Gasteiger partial charge < -0.3 is 15.3 Å². The fraction of sp³-hybridized carbons (Fsp3) is 0.571. The topological polar surface area (TPSA) is 77.8 Å². The number of hydrogen-bond donors (Lipinski definition) is 3. The van der Waals surface area contributed by atoms with Gasteiger partial charge in [0.15, 0.2) is 5.79 Å². The molecule has 0 aromatic rings. The number of aliphatic carboxylic acids is 1. The number of rotatable bonds is 4. The third-order valence-corrected chi connectivity index (χ3v) is 1.20. The second-order valence-corrected chi connectivity index (χ2v) is 2.63. The van der Waals surface area contributed by atoms with Crippen LogP contribution in [0.2, 0.25) is 0 Å². The molecule has 0 fully saturated rings. The maximum Gasteiger partial charge on any atom is 0.330 e. The highest BCUT2D eigenvalue weighted by atomic mass is 16.5. The van der Waals surface area contributed by atoms with Crippen molar-refractivity contribution < 1.29 is 20.1 Å². The first-order chi connectivity index (χ1) is 4.83. The van der Waals surface area contributed by atoms with Crippen molar-refractivity contribution in [3.63, 3.8) is 0 Å². The molecule has 0 aliphatic heterocycles. The van der Waals surface area contributed by atoms with E-state index in [0.717, 1.165) is 0 Å². The van der Waals surface area contributed by atoms with Gasteiger partial charge in [-0.3, -0.25) is 0 Å². The highest BCUT2D eigenvalue weighted by Crippen LogP contribution is 2.11. The van der Waals surface area contributed by atoms with E-state index < -0.39 is 11.8 Å². The smallest absolute Gasteiger partial charge is 0.330 e. The Bertz CT molecular complexity index is 166. The molecule has 0 bridgehead atoms. The lowest BCUT2D eigenvalue weighted by Gasteiger charge is -2.14. The van der Waals surface area contributed by atoms with E-state index in [-0.39, 0.29) is 18.4 Å². The molecule has 4 nitrogen and oxygen atoms in total. The zero-order chi connectivity index (χ0) is 9.07. The van der Waals surface area contributed by atoms with E-state index in [9.17, 15) is 4.79 Å². The summed E-state index contributed by atoms with van der Waals surface area (Å²) in [5.74, 6) is -2.91. The van der Waals surface area contributed by atoms with Crippen molar-refractivity contribution in [1.82, 2.24) is 0 Å². The first-order valence-electron chi connectivity index (χ1n) is 3.19. The van der Waals surface area contributed by atoms with Gasteiger partial charge in [-0.05, 0) is 13.3 Å². The maximum absolute atomic E-state index is 10.2. The molecule has 4 heteroatoms. The van der Waals surface area contributed by atoms with E-state index in [0.29, 0.717) is 0 Å². The van der Waals surface area contributed by atoms with Crippen LogP contribution in [-0.4, -0.2) is 27.1 Å². The van der Waals surface area contributed by atoms with Crippen LogP contribution in [0.5, 0.6) is 0 Å². The van der Waals surface area contributed by atoms with E-state index in [4.69, 9.17) is 15.3 Å². The second-order valence-electron chi connectivity index (χ2n) is 2.63. The van der Waals surface area contributed by atoms with Crippen molar-refractivity contribution in [2.24, 2.45) is 0 Å². The molecule has 0 aliphatic carbocycles. The maximum atomic E-state index is 10.2. The summed E-state index contributed by atoms with van der Waals surface area (Å²) in [5, 5.41) is 25.9. The lowest BCUT2D eigenvalue weighted by Crippen LogP contribution is -2.23. The lowest BCUT2D eigenvalue weighted by atomic mass is 10.1. The van der Waals surface area contributed by atoms with Gasteiger partial charge in [0.05, 0.1) is 0 Å². The number of carboxylic acids is 1. The zero-order valence-corrected chi connectivity index (χ0v) is 6.37. The predicted octanol–water partition coefficient (Wildman–Crippen LogP) is 0.108. The third kappa shape index (κ3) is 5.57. The van der Waals surface area contributed by atoms with Crippen molar-refractivity contribution in [3.8, 4) is 0 Å². The third-order valence-electron chi connectivity index (χ3n) is 1.20. The van der Waals surface area contributed by atoms with E-state index in [2.05, 4.69) is 6.58 Å². The van der Waals surface area contributed by atoms with Crippen molar-refractivity contribution in [2.45, 2.75) is 25.6 Å². The summed E-state index contributed by atoms with van der Waals surface area (Å²) in [5.41, 5.74) is -0.0145. The Kier molecular flexibility index (Phi) is 3.22. The summed E-state index contributed by atoms with van der Waals surface area (Å²) in [6.07, 6.45) is 0.0664. The standard InChI is InChI=1S/C7H12O4/c1-5(6(8)9)3-4-7(2,10)11/h10-11H,1,3-4H2,2H3,(H,8,9). The molecule has 0 aromatic carbocycles. The minimum absolute atomic E-state index is 0.0145. The van der Waals surface area contributed by atoms with Crippen LogP contribution in [0.1, 0.15) is 19.8 Å². The van der Waals surface area contributed by atoms with Gasteiger partial charge >= 0.3 is 5.97 Å². The summed E-state index contributed by atoms with van der Waals surface area (Å²) in [7, 11) is 0. The van der Waals surface area contributed by atoms with Crippen LogP contribution in [-0.2, 0) is 4.79 Å². The Morgan fingerprint density at radius 2 is 2.00 bits per heavy atom. The largest absolute Gasteiger partial charge is 0.478 e. The van der Waals surface area contributed by atoms with E-state index in [1.54, 1.807) is 0 Å². The van der Waals surface area contributed by atoms with Gasteiger partial charge in [-0.15, -0.1) is 0 Å². The number of carbonyl (C=O) groups is 1. The Morgan fingerprint density at radius 3 is 2.27 bits per heavy atom. The number of hydrogen-bond acceptors (Lipinski definition) is 3. The average molecular weight is 160 g/mol. The van der Waals surface area contributed by atoms with Crippen LogP contribution in [0.4, 0.5) is 0 Å². The monoisotopic (exact) mass is 160 g/mol. The fourth-order valence-corrected chi connectivity index (χ4v) is 0.495. The summed E-state index contributed by atoms with van der Waals surface area (Å²) in [4.78, 5) is 10.2. The highest BCUT2D eigenvalue weighted by Gasteiger charge is 2.16. The molecule has 0 saturated carbocycles. The van der Waals surface area contributed by atoms with Gasteiger partial charge in [0.25, 0.3) is 0 Å². The van der Waals surface area contributed by atoms with Crippen LogP contribution in [0, 0.1) is 0 Å². The molecule has 0 saturated heterocycles. The first-order valence-corrected chi connectivity index (χ1v) is 3.19. The molecule has 0 amide bonds. The first kappa shape index (κ1) is 10.1. The molecular weight excluding hydrogens is 148 g/mol. The van der Waals surface area contributed by atoms with Gasteiger partial charge in [0.1, 0.15) is 0 Å². The van der Waals surface area contributed by atoms with Crippen molar-refractivity contribution >= 4 is 5.97 Å². The van der Waals surface area contributed by atoms with Crippen molar-refractivity contribution in [2.75, 3.05) is 0 Å². The van der Waals surface area contributed by atoms with Gasteiger partial charge in [-0.2, -0.15) is 0 Å². The Morgan fingerprint density at radius 1 is 1.55 bits per heavy atom. The number of carboxylic acid groups (broad SMARTS) is 1. The van der Waals surface area contributed by atoms with Crippen LogP contribution >= 0.6 is 0 Å². The van der Waals surface area contributed by atoms with E-state index in [1.165, 1.54) is 6.92 Å². The molecule has 0 unspecified atom stereocenters. The Hall–Kier alpha value is -0.870. The highest BCUT2D eigenvalue weighted by molar-refractivity contribution is 5.85. The van der Waals surface area contributed by atoms with E-state index in [1.807, 2.05) is 0 Å². The SMILES string of the molecule is C=C(CCC(C)(O)O)C(=O)O. The summed E-state index contributed by atoms with van der Waals surface area (Å²) in [6.45, 7) is 4.43. The summed E-state index contributed by atoms with van der Waals surface area (Å²) < 4.78 is 0. The van der Waals surface area contributed by atoms with E-state index >= 15 is 0 Å². The molecule has 0 radical (unpaired) electrons. The molecule has 0 aromatic heterocycles. The summed E-state index contributed by atoms with van der Waals surface area (Å²) >= 11 is 0. The lowest BCUT2D eigenvalue weighted by molar-refractivity contribution is -0.149. The quantitative estimate of drug-likeness (QED) is 0.403.